The van der Waals surface area contributed by atoms with E-state index in [0.717, 1.165) is 29.7 Å². The molecule has 164 valence electrons. The number of amidine groups is 1. The van der Waals surface area contributed by atoms with Gasteiger partial charge in [-0.3, -0.25) is 4.79 Å². The minimum atomic E-state index is -0.153. The topological polar surface area (TPSA) is 62.5 Å². The molecule has 32 heavy (non-hydrogen) atoms. The first kappa shape index (κ1) is 21.2. The van der Waals surface area contributed by atoms with Crippen molar-refractivity contribution in [3.8, 4) is 0 Å². The number of aromatic nitrogens is 2. The number of hydrogen-bond acceptors (Lipinski definition) is 5. The predicted octanol–water partition coefficient (Wildman–Crippen LogP) is 5.07. The van der Waals surface area contributed by atoms with Gasteiger partial charge in [0, 0.05) is 13.1 Å². The first-order chi connectivity index (χ1) is 15.7. The lowest BCUT2D eigenvalue weighted by molar-refractivity contribution is -0.115. The molecule has 1 aromatic heterocycles. The molecule has 2 saturated heterocycles. The van der Waals surface area contributed by atoms with E-state index in [-0.39, 0.29) is 5.91 Å². The molecule has 2 aliphatic heterocycles. The van der Waals surface area contributed by atoms with Gasteiger partial charge in [-0.15, -0.1) is 0 Å². The lowest BCUT2D eigenvalue weighted by atomic mass is 10.1. The summed E-state index contributed by atoms with van der Waals surface area (Å²) in [6, 6.07) is 13.4. The Kier molecular flexibility index (Phi) is 6.30. The van der Waals surface area contributed by atoms with Crippen LogP contribution in [0.3, 0.4) is 0 Å². The van der Waals surface area contributed by atoms with Crippen LogP contribution in [0, 0.1) is 0 Å². The smallest absolute Gasteiger partial charge is 0.264 e. The Bertz CT molecular complexity index is 1210. The number of benzene rings is 2. The fraction of sp³-hybridized carbons (Fsp3) is 0.292. The minimum absolute atomic E-state index is 0.153. The number of aliphatic imine (C=N–C) groups is 1. The van der Waals surface area contributed by atoms with Crippen LogP contribution in [0.5, 0.6) is 0 Å². The molecule has 2 aliphatic rings. The van der Waals surface area contributed by atoms with Crippen molar-refractivity contribution in [2.75, 3.05) is 19.6 Å². The Morgan fingerprint density at radius 1 is 1.12 bits per heavy atom. The van der Waals surface area contributed by atoms with Gasteiger partial charge in [0.1, 0.15) is 0 Å². The fourth-order valence-electron chi connectivity index (χ4n) is 4.06. The zero-order valence-corrected chi connectivity index (χ0v) is 19.2. The molecule has 0 atom stereocenters. The number of likely N-dealkylation sites (tertiary alicyclic amines) is 1. The van der Waals surface area contributed by atoms with Gasteiger partial charge in [0.05, 0.1) is 33.0 Å². The van der Waals surface area contributed by atoms with E-state index < -0.39 is 0 Å². The fourth-order valence-corrected chi connectivity index (χ4v) is 5.07. The molecule has 0 bridgehead atoms. The average Bonchev–Trinajstić information content (AvgIpc) is 3.37. The first-order valence-electron chi connectivity index (χ1n) is 10.9. The molecular formula is C24H24ClN5OS. The zero-order valence-electron chi connectivity index (χ0n) is 17.6. The number of nitrogens with one attached hydrogen (secondary N) is 1. The number of amides is 1. The third-order valence-electron chi connectivity index (χ3n) is 5.77. The van der Waals surface area contributed by atoms with E-state index >= 15 is 0 Å². The quantitative estimate of drug-likeness (QED) is 0.534. The van der Waals surface area contributed by atoms with Crippen molar-refractivity contribution in [3.63, 3.8) is 0 Å². The van der Waals surface area contributed by atoms with E-state index in [1.54, 1.807) is 6.07 Å². The molecule has 0 saturated carbocycles. The van der Waals surface area contributed by atoms with Crippen molar-refractivity contribution in [1.82, 2.24) is 19.8 Å². The van der Waals surface area contributed by atoms with Crippen LogP contribution in [-0.4, -0.2) is 45.2 Å². The number of piperidine rings is 1. The highest BCUT2D eigenvalue weighted by molar-refractivity contribution is 8.18. The summed E-state index contributed by atoms with van der Waals surface area (Å²) in [5, 5.41) is 3.91. The average molecular weight is 466 g/mol. The van der Waals surface area contributed by atoms with Crippen LogP contribution in [-0.2, 0) is 11.3 Å². The molecule has 0 radical (unpaired) electrons. The highest BCUT2D eigenvalue weighted by Crippen LogP contribution is 2.31. The van der Waals surface area contributed by atoms with Crippen LogP contribution >= 0.6 is 23.4 Å². The van der Waals surface area contributed by atoms with E-state index in [0.29, 0.717) is 20.8 Å². The second kappa shape index (κ2) is 9.48. The van der Waals surface area contributed by atoms with Crippen molar-refractivity contribution in [2.24, 2.45) is 4.99 Å². The maximum absolute atomic E-state index is 12.5. The lowest BCUT2D eigenvalue weighted by Crippen LogP contribution is -2.32. The summed E-state index contributed by atoms with van der Waals surface area (Å²) in [5.74, 6) is -0.153. The third-order valence-corrected chi connectivity index (χ3v) is 7.00. The number of thioether (sulfide) groups is 1. The van der Waals surface area contributed by atoms with Gasteiger partial charge in [-0.05, 0) is 73.6 Å². The summed E-state index contributed by atoms with van der Waals surface area (Å²) in [4.78, 5) is 24.6. The van der Waals surface area contributed by atoms with Crippen molar-refractivity contribution in [2.45, 2.75) is 25.8 Å². The Labute approximate surface area is 196 Å². The van der Waals surface area contributed by atoms with Gasteiger partial charge in [-0.25, -0.2) is 9.98 Å². The summed E-state index contributed by atoms with van der Waals surface area (Å²) in [6.07, 6.45) is 7.75. The number of carbonyl (C=O) groups excluding carboxylic acids is 1. The highest BCUT2D eigenvalue weighted by Gasteiger charge is 2.24. The SMILES string of the molecule is O=C1NC(=Nc2ccccc2Cl)S/C1=C/c1ccc2ncn(CCN3CCCCC3)c2c1. The highest BCUT2D eigenvalue weighted by atomic mass is 35.5. The van der Waals surface area contributed by atoms with Gasteiger partial charge < -0.3 is 14.8 Å². The van der Waals surface area contributed by atoms with Gasteiger partial charge >= 0.3 is 0 Å². The van der Waals surface area contributed by atoms with E-state index in [4.69, 9.17) is 11.6 Å². The van der Waals surface area contributed by atoms with Gasteiger partial charge in [-0.2, -0.15) is 0 Å². The van der Waals surface area contributed by atoms with Crippen LogP contribution in [0.1, 0.15) is 24.8 Å². The molecule has 5 rings (SSSR count). The van der Waals surface area contributed by atoms with Crippen molar-refractivity contribution < 1.29 is 4.79 Å². The summed E-state index contributed by atoms with van der Waals surface area (Å²) < 4.78 is 2.21. The number of fused-ring (bicyclic) bond motifs is 1. The number of halogens is 1. The molecule has 2 aromatic carbocycles. The molecular weight excluding hydrogens is 442 g/mol. The van der Waals surface area contributed by atoms with Crippen molar-refractivity contribution >= 4 is 57.2 Å². The van der Waals surface area contributed by atoms with Crippen molar-refractivity contribution in [1.29, 1.82) is 0 Å². The maximum Gasteiger partial charge on any atom is 0.264 e. The molecule has 3 heterocycles. The molecule has 1 N–H and O–H groups in total. The standard InChI is InChI=1S/C24H24ClN5OS/c25-18-6-2-3-7-19(18)27-24-28-23(31)22(32-24)15-17-8-9-20-21(14-17)30(16-26-20)13-12-29-10-4-1-5-11-29/h2-3,6-9,14-16H,1,4-5,10-13H2,(H,27,28,31)/b22-15+. The van der Waals surface area contributed by atoms with Crippen LogP contribution in [0.25, 0.3) is 17.1 Å². The van der Waals surface area contributed by atoms with E-state index in [1.165, 1.54) is 44.1 Å². The van der Waals surface area contributed by atoms with Gasteiger partial charge in [0.2, 0.25) is 0 Å². The Morgan fingerprint density at radius 2 is 1.97 bits per heavy atom. The molecule has 0 spiro atoms. The second-order valence-corrected chi connectivity index (χ2v) is 9.46. The van der Waals surface area contributed by atoms with E-state index in [1.807, 2.05) is 42.7 Å². The minimum Gasteiger partial charge on any atom is -0.329 e. The summed E-state index contributed by atoms with van der Waals surface area (Å²) in [7, 11) is 0. The Balaban J connectivity index is 1.34. The number of rotatable bonds is 5. The molecule has 0 aliphatic carbocycles. The third kappa shape index (κ3) is 4.75. The monoisotopic (exact) mass is 465 g/mol. The molecule has 6 nitrogen and oxygen atoms in total. The molecule has 3 aromatic rings. The molecule has 8 heteroatoms. The van der Waals surface area contributed by atoms with Crippen molar-refractivity contribution in [3.05, 3.63) is 64.3 Å². The Morgan fingerprint density at radius 3 is 2.81 bits per heavy atom. The summed E-state index contributed by atoms with van der Waals surface area (Å²) in [5.41, 5.74) is 3.66. The Hall–Kier alpha value is -2.61. The molecule has 1 amide bonds. The van der Waals surface area contributed by atoms with E-state index in [2.05, 4.69) is 30.8 Å². The largest absolute Gasteiger partial charge is 0.329 e. The molecule has 0 unspecified atom stereocenters. The normalized spacial score (nSPS) is 19.8. The van der Waals surface area contributed by atoms with Crippen LogP contribution < -0.4 is 5.32 Å². The van der Waals surface area contributed by atoms with Crippen LogP contribution in [0.2, 0.25) is 5.02 Å². The second-order valence-electron chi connectivity index (χ2n) is 8.02. The van der Waals surface area contributed by atoms with Crippen LogP contribution in [0.4, 0.5) is 5.69 Å². The van der Waals surface area contributed by atoms with Gasteiger partial charge in [0.15, 0.2) is 5.17 Å². The number of nitrogens with zero attached hydrogens (tertiary/aromatic N) is 4. The number of para-hydroxylation sites is 1. The van der Waals surface area contributed by atoms with Gasteiger partial charge in [-0.1, -0.05) is 36.2 Å². The van der Waals surface area contributed by atoms with E-state index in [9.17, 15) is 4.79 Å². The number of imidazole rings is 1. The summed E-state index contributed by atoms with van der Waals surface area (Å²) in [6.45, 7) is 4.33. The number of carbonyl (C=O) groups is 1. The number of hydrogen-bond donors (Lipinski definition) is 1. The predicted molar refractivity (Wildman–Crippen MR) is 132 cm³/mol. The molecule has 2 fully saturated rings. The maximum atomic E-state index is 12.5. The lowest BCUT2D eigenvalue weighted by Gasteiger charge is -2.26. The first-order valence-corrected chi connectivity index (χ1v) is 12.1. The summed E-state index contributed by atoms with van der Waals surface area (Å²) >= 11 is 7.51. The zero-order chi connectivity index (χ0) is 21.9. The van der Waals surface area contributed by atoms with Gasteiger partial charge in [0.25, 0.3) is 5.91 Å². The van der Waals surface area contributed by atoms with Crippen LogP contribution in [0.15, 0.2) is 58.7 Å².